The highest BCUT2D eigenvalue weighted by atomic mass is 16.4. The summed E-state index contributed by atoms with van der Waals surface area (Å²) in [6.45, 7) is 5.80. The number of carbonyl (C=O) groups is 1. The van der Waals surface area contributed by atoms with Crippen molar-refractivity contribution < 1.29 is 9.90 Å². The van der Waals surface area contributed by atoms with E-state index in [4.69, 9.17) is 5.11 Å². The van der Waals surface area contributed by atoms with Gasteiger partial charge >= 0.3 is 5.97 Å². The molecule has 84 valence electrons. The molecule has 0 rings (SSSR count). The second-order valence-electron chi connectivity index (χ2n) is 3.37. The van der Waals surface area contributed by atoms with Crippen LogP contribution in [-0.4, -0.2) is 30.3 Å². The average Bonchev–Trinajstić information content (AvgIpc) is 2.12. The molecule has 0 aromatic rings. The zero-order valence-electron chi connectivity index (χ0n) is 9.18. The molecule has 0 aromatic heterocycles. The van der Waals surface area contributed by atoms with Crippen LogP contribution in [0.5, 0.6) is 0 Å². The van der Waals surface area contributed by atoms with Crippen LogP contribution in [0, 0.1) is 0 Å². The van der Waals surface area contributed by atoms with Crippen molar-refractivity contribution in [1.29, 1.82) is 0 Å². The zero-order valence-corrected chi connectivity index (χ0v) is 9.18. The van der Waals surface area contributed by atoms with Gasteiger partial charge < -0.3 is 15.7 Å². The van der Waals surface area contributed by atoms with Gasteiger partial charge in [-0.3, -0.25) is 4.79 Å². The summed E-state index contributed by atoms with van der Waals surface area (Å²) in [7, 11) is 0. The third-order valence-corrected chi connectivity index (χ3v) is 2.00. The summed E-state index contributed by atoms with van der Waals surface area (Å²) in [5.74, 6) is -0.765. The van der Waals surface area contributed by atoms with Crippen LogP contribution in [-0.2, 0) is 4.79 Å². The largest absolute Gasteiger partial charge is 0.481 e. The summed E-state index contributed by atoms with van der Waals surface area (Å²) in [4.78, 5) is 10.5. The lowest BCUT2D eigenvalue weighted by atomic mass is 10.2. The van der Waals surface area contributed by atoms with E-state index in [2.05, 4.69) is 17.6 Å². The topological polar surface area (TPSA) is 61.4 Å². The van der Waals surface area contributed by atoms with Crippen LogP contribution >= 0.6 is 0 Å². The standard InChI is InChI=1S/C10H22N2O2/c1-3-5-6-7-12-9(11-4-2)8-10(13)14/h9,11-12H,3-8H2,1-2H3,(H,13,14). The minimum absolute atomic E-state index is 0.0886. The molecule has 1 atom stereocenters. The zero-order chi connectivity index (χ0) is 10.8. The molecule has 0 aromatic carbocycles. The molecule has 4 nitrogen and oxygen atoms in total. The van der Waals surface area contributed by atoms with Gasteiger partial charge in [0.05, 0.1) is 12.6 Å². The first kappa shape index (κ1) is 13.4. The predicted molar refractivity (Wildman–Crippen MR) is 57.2 cm³/mol. The fraction of sp³-hybridized carbons (Fsp3) is 0.900. The molecular weight excluding hydrogens is 180 g/mol. The van der Waals surface area contributed by atoms with Gasteiger partial charge in [-0.05, 0) is 19.5 Å². The van der Waals surface area contributed by atoms with Crippen LogP contribution in [0.2, 0.25) is 0 Å². The molecule has 0 spiro atoms. The Morgan fingerprint density at radius 2 is 2.00 bits per heavy atom. The highest BCUT2D eigenvalue weighted by Crippen LogP contribution is 1.93. The average molecular weight is 202 g/mol. The van der Waals surface area contributed by atoms with Gasteiger partial charge in [0.1, 0.15) is 0 Å². The van der Waals surface area contributed by atoms with Gasteiger partial charge in [-0.15, -0.1) is 0 Å². The van der Waals surface area contributed by atoms with Crippen LogP contribution in [0.1, 0.15) is 39.5 Å². The predicted octanol–water partition coefficient (Wildman–Crippen LogP) is 1.18. The lowest BCUT2D eigenvalue weighted by Gasteiger charge is -2.17. The number of unbranched alkanes of at least 4 members (excludes halogenated alkanes) is 2. The SMILES string of the molecule is CCCCCNC(CC(=O)O)NCC. The second kappa shape index (κ2) is 8.97. The lowest BCUT2D eigenvalue weighted by molar-refractivity contribution is -0.137. The van der Waals surface area contributed by atoms with E-state index >= 15 is 0 Å². The lowest BCUT2D eigenvalue weighted by Crippen LogP contribution is -2.44. The molecule has 0 heterocycles. The number of hydrogen-bond acceptors (Lipinski definition) is 3. The third-order valence-electron chi connectivity index (χ3n) is 2.00. The van der Waals surface area contributed by atoms with E-state index in [1.54, 1.807) is 0 Å². The molecule has 0 amide bonds. The molecule has 0 saturated carbocycles. The maximum atomic E-state index is 10.5. The number of nitrogens with one attached hydrogen (secondary N) is 2. The maximum absolute atomic E-state index is 10.5. The molecule has 0 aliphatic rings. The van der Waals surface area contributed by atoms with Gasteiger partial charge in [-0.1, -0.05) is 26.7 Å². The molecule has 0 aliphatic heterocycles. The molecule has 0 aliphatic carbocycles. The summed E-state index contributed by atoms with van der Waals surface area (Å²) in [5, 5.41) is 14.9. The number of carboxylic acids is 1. The Bertz CT molecular complexity index is 151. The molecule has 0 radical (unpaired) electrons. The fourth-order valence-corrected chi connectivity index (χ4v) is 1.29. The number of carboxylic acid groups (broad SMARTS) is 1. The van der Waals surface area contributed by atoms with E-state index in [9.17, 15) is 4.79 Å². The van der Waals surface area contributed by atoms with Gasteiger partial charge in [-0.2, -0.15) is 0 Å². The van der Waals surface area contributed by atoms with Crippen molar-refractivity contribution in [2.24, 2.45) is 0 Å². The van der Waals surface area contributed by atoms with E-state index in [1.807, 2.05) is 6.92 Å². The molecule has 0 fully saturated rings. The van der Waals surface area contributed by atoms with Crippen LogP contribution in [0.3, 0.4) is 0 Å². The van der Waals surface area contributed by atoms with Gasteiger partial charge in [-0.25, -0.2) is 0 Å². The highest BCUT2D eigenvalue weighted by Gasteiger charge is 2.09. The normalized spacial score (nSPS) is 12.7. The summed E-state index contributed by atoms with van der Waals surface area (Å²) >= 11 is 0. The minimum atomic E-state index is -0.765. The molecule has 14 heavy (non-hydrogen) atoms. The highest BCUT2D eigenvalue weighted by molar-refractivity contribution is 5.67. The van der Waals surface area contributed by atoms with E-state index in [0.717, 1.165) is 19.5 Å². The Morgan fingerprint density at radius 3 is 2.50 bits per heavy atom. The van der Waals surface area contributed by atoms with Gasteiger partial charge in [0.2, 0.25) is 0 Å². The smallest absolute Gasteiger partial charge is 0.306 e. The van der Waals surface area contributed by atoms with Crippen molar-refractivity contribution in [2.75, 3.05) is 13.1 Å². The Morgan fingerprint density at radius 1 is 1.29 bits per heavy atom. The van der Waals surface area contributed by atoms with Crippen molar-refractivity contribution in [1.82, 2.24) is 10.6 Å². The Hall–Kier alpha value is -0.610. The Balaban J connectivity index is 3.56. The molecular formula is C10H22N2O2. The van der Waals surface area contributed by atoms with Crippen LogP contribution in [0.15, 0.2) is 0 Å². The first-order chi connectivity index (χ1) is 6.70. The summed E-state index contributed by atoms with van der Waals surface area (Å²) in [6, 6.07) is 0. The third kappa shape index (κ3) is 8.01. The van der Waals surface area contributed by atoms with Crippen molar-refractivity contribution in [3.05, 3.63) is 0 Å². The number of rotatable bonds is 9. The van der Waals surface area contributed by atoms with Crippen molar-refractivity contribution >= 4 is 5.97 Å². The second-order valence-corrected chi connectivity index (χ2v) is 3.37. The first-order valence-corrected chi connectivity index (χ1v) is 5.39. The van der Waals surface area contributed by atoms with Crippen LogP contribution in [0.4, 0.5) is 0 Å². The molecule has 1 unspecified atom stereocenters. The van der Waals surface area contributed by atoms with Crippen LogP contribution < -0.4 is 10.6 Å². The fourth-order valence-electron chi connectivity index (χ4n) is 1.29. The van der Waals surface area contributed by atoms with E-state index in [0.29, 0.717) is 0 Å². The summed E-state index contributed by atoms with van der Waals surface area (Å²) < 4.78 is 0. The summed E-state index contributed by atoms with van der Waals surface area (Å²) in [6.07, 6.45) is 3.54. The van der Waals surface area contributed by atoms with Gasteiger partial charge in [0.15, 0.2) is 0 Å². The van der Waals surface area contributed by atoms with E-state index in [1.165, 1.54) is 12.8 Å². The maximum Gasteiger partial charge on any atom is 0.306 e. The number of aliphatic carboxylic acids is 1. The quantitative estimate of drug-likeness (QED) is 0.388. The van der Waals surface area contributed by atoms with E-state index < -0.39 is 5.97 Å². The van der Waals surface area contributed by atoms with Crippen molar-refractivity contribution in [2.45, 2.75) is 45.7 Å². The van der Waals surface area contributed by atoms with E-state index in [-0.39, 0.29) is 12.6 Å². The summed E-state index contributed by atoms with van der Waals surface area (Å²) in [5.41, 5.74) is 0. The van der Waals surface area contributed by atoms with Crippen molar-refractivity contribution in [3.63, 3.8) is 0 Å². The Labute approximate surface area is 86.1 Å². The molecule has 0 saturated heterocycles. The molecule has 0 bridgehead atoms. The monoisotopic (exact) mass is 202 g/mol. The van der Waals surface area contributed by atoms with Gasteiger partial charge in [0.25, 0.3) is 0 Å². The van der Waals surface area contributed by atoms with Gasteiger partial charge in [0, 0.05) is 0 Å². The van der Waals surface area contributed by atoms with Crippen LogP contribution in [0.25, 0.3) is 0 Å². The van der Waals surface area contributed by atoms with Crippen molar-refractivity contribution in [3.8, 4) is 0 Å². The number of hydrogen-bond donors (Lipinski definition) is 3. The minimum Gasteiger partial charge on any atom is -0.481 e. The molecule has 3 N–H and O–H groups in total. The first-order valence-electron chi connectivity index (χ1n) is 5.39. The molecule has 4 heteroatoms. The Kier molecular flexibility index (Phi) is 8.57.